The number of nitrogens with two attached hydrogens (primary N) is 8. The summed E-state index contributed by atoms with van der Waals surface area (Å²) in [6.07, 6.45) is 1.31. The van der Waals surface area contributed by atoms with Crippen molar-refractivity contribution in [3.05, 3.63) is 35.9 Å². The standard InChI is InChI=1S/C55H91N19O13/c1-31(2)28-38(48(81)71-37(53(86)87)16-9-25-65-55(62)63)67-44(77)30-66-45(78)39(29-32-12-4-3-5-13-32)72-47(80)34(19-21-42(58)75)68-46(79)35(20-22-43(59)76)69-49(82)41-18-11-27-74(41)52(85)36(15-6-7-23-56)70-50(83)40-17-10-26-73(40)51(84)33(57)14-8-24-64-54(60)61/h3-5,12-13,31,33-41H,6-11,14-30,56-57H2,1-2H3,(H2,58,75)(H2,59,76)(H,66,78)(H,67,77)(H,68,79)(H,69,82)(H,70,83)(H,71,81)(H,72,80)(H,86,87)(H4,60,61,64)(H4,62,63,65)/t33-,34-,35-,36-,37-,38-,39-,40-,41-/m0/s1. The largest absolute Gasteiger partial charge is 0.480 e. The van der Waals surface area contributed by atoms with Crippen LogP contribution in [-0.4, -0.2) is 191 Å². The van der Waals surface area contributed by atoms with Gasteiger partial charge in [0, 0.05) is 45.4 Å². The van der Waals surface area contributed by atoms with Crippen molar-refractivity contribution in [3.63, 3.8) is 0 Å². The summed E-state index contributed by atoms with van der Waals surface area (Å²) >= 11 is 0. The maximum absolute atomic E-state index is 14.5. The van der Waals surface area contributed by atoms with Crippen LogP contribution in [0.1, 0.15) is 122 Å². The molecule has 32 heteroatoms. The third-order valence-corrected chi connectivity index (χ3v) is 14.4. The van der Waals surface area contributed by atoms with E-state index in [2.05, 4.69) is 47.2 Å². The lowest BCUT2D eigenvalue weighted by Gasteiger charge is -2.32. The number of carbonyl (C=O) groups excluding carboxylic acids is 11. The molecule has 0 aromatic heterocycles. The highest BCUT2D eigenvalue weighted by molar-refractivity contribution is 5.99. The van der Waals surface area contributed by atoms with E-state index in [9.17, 15) is 62.6 Å². The molecular formula is C55H91N19O13. The van der Waals surface area contributed by atoms with Gasteiger partial charge < -0.3 is 98.0 Å². The van der Waals surface area contributed by atoms with Crippen LogP contribution < -0.4 is 83.1 Å². The smallest absolute Gasteiger partial charge is 0.326 e. The molecule has 11 amide bonds. The molecule has 2 heterocycles. The number of guanidine groups is 2. The minimum absolute atomic E-state index is 0.0356. The number of nitrogens with one attached hydrogen (secondary N) is 7. The van der Waals surface area contributed by atoms with Gasteiger partial charge in [-0.15, -0.1) is 0 Å². The van der Waals surface area contributed by atoms with Gasteiger partial charge in [0.15, 0.2) is 11.9 Å². The fourth-order valence-electron chi connectivity index (χ4n) is 9.93. The van der Waals surface area contributed by atoms with Crippen molar-refractivity contribution in [1.82, 2.24) is 47.0 Å². The number of carboxylic acid groups (broad SMARTS) is 1. The molecule has 2 saturated heterocycles. The number of hydrogen-bond acceptors (Lipinski definition) is 16. The summed E-state index contributed by atoms with van der Waals surface area (Å²) in [5.41, 5.74) is 45.0. The molecule has 2 aliphatic heterocycles. The monoisotopic (exact) mass is 1230 g/mol. The molecule has 9 atom stereocenters. The van der Waals surface area contributed by atoms with E-state index in [-0.39, 0.29) is 95.5 Å². The molecule has 87 heavy (non-hydrogen) atoms. The van der Waals surface area contributed by atoms with E-state index in [1.54, 1.807) is 44.2 Å². The number of likely N-dealkylation sites (tertiary alicyclic amines) is 2. The quantitative estimate of drug-likeness (QED) is 0.0166. The number of nitrogens with zero attached hydrogens (tertiary/aromatic N) is 4. The average molecular weight is 1230 g/mol. The van der Waals surface area contributed by atoms with Gasteiger partial charge in [-0.3, -0.25) is 62.7 Å². The molecule has 0 aliphatic carbocycles. The maximum atomic E-state index is 14.5. The number of amides is 11. The van der Waals surface area contributed by atoms with Gasteiger partial charge in [-0.2, -0.15) is 0 Å². The lowest BCUT2D eigenvalue weighted by molar-refractivity contribution is -0.144. The molecule has 1 aromatic rings. The SMILES string of the molecule is CC(C)C[C@H](NC(=O)CNC(=O)[C@H](Cc1ccccc1)NC(=O)[C@H](CCC(N)=O)NC(=O)[C@H](CCC(N)=O)NC(=O)[C@@H]1CCCN1C(=O)[C@H](CCCCN)NC(=O)[C@@H]1CCCN1C(=O)[C@@H](N)CCCN=C(N)N)C(=O)N[C@@H](CCCN=C(N)N)C(=O)O. The van der Waals surface area contributed by atoms with Crippen molar-refractivity contribution < 1.29 is 62.6 Å². The average Bonchev–Trinajstić information content (AvgIpc) is 3.16. The first-order valence-electron chi connectivity index (χ1n) is 29.3. The van der Waals surface area contributed by atoms with Gasteiger partial charge in [0.25, 0.3) is 0 Å². The topological polar surface area (TPSA) is 549 Å². The van der Waals surface area contributed by atoms with E-state index < -0.39 is 158 Å². The van der Waals surface area contributed by atoms with Gasteiger partial charge in [0.1, 0.15) is 48.3 Å². The van der Waals surface area contributed by atoms with Crippen LogP contribution in [0.5, 0.6) is 0 Å². The molecule has 2 fully saturated rings. The van der Waals surface area contributed by atoms with Crippen LogP contribution in [-0.2, 0) is 64.0 Å². The number of hydrogen-bond donors (Lipinski definition) is 16. The van der Waals surface area contributed by atoms with Crippen molar-refractivity contribution >= 4 is 82.9 Å². The van der Waals surface area contributed by atoms with Crippen LogP contribution in [0.15, 0.2) is 40.3 Å². The minimum atomic E-state index is -1.62. The Bertz CT molecular complexity index is 2580. The Morgan fingerprint density at radius 2 is 1.05 bits per heavy atom. The van der Waals surface area contributed by atoms with Gasteiger partial charge >= 0.3 is 5.97 Å². The molecule has 2 aliphatic rings. The molecule has 0 unspecified atom stereocenters. The Morgan fingerprint density at radius 3 is 1.56 bits per heavy atom. The molecular weight excluding hydrogens is 1130 g/mol. The maximum Gasteiger partial charge on any atom is 0.326 e. The Hall–Kier alpha value is -8.68. The number of benzene rings is 1. The van der Waals surface area contributed by atoms with Gasteiger partial charge in [-0.1, -0.05) is 44.2 Å². The van der Waals surface area contributed by atoms with Crippen LogP contribution in [0.2, 0.25) is 0 Å². The second-order valence-corrected chi connectivity index (χ2v) is 22.0. The summed E-state index contributed by atoms with van der Waals surface area (Å²) in [5.74, 6) is -10.6. The molecule has 3 rings (SSSR count). The Morgan fingerprint density at radius 1 is 0.563 bits per heavy atom. The lowest BCUT2D eigenvalue weighted by atomic mass is 10.0. The first-order chi connectivity index (χ1) is 41.2. The highest BCUT2D eigenvalue weighted by Crippen LogP contribution is 2.23. The Labute approximate surface area is 505 Å². The summed E-state index contributed by atoms with van der Waals surface area (Å²) in [7, 11) is 0. The van der Waals surface area contributed by atoms with Crippen LogP contribution in [0, 0.1) is 5.92 Å². The van der Waals surface area contributed by atoms with Crippen molar-refractivity contribution in [2.24, 2.45) is 61.8 Å². The van der Waals surface area contributed by atoms with Crippen molar-refractivity contribution in [2.75, 3.05) is 39.3 Å². The second kappa shape index (κ2) is 37.7. The molecule has 1 aromatic carbocycles. The fraction of sp³-hybridized carbons (Fsp3) is 0.636. The summed E-state index contributed by atoms with van der Waals surface area (Å²) in [6, 6.07) is -3.10. The third-order valence-electron chi connectivity index (χ3n) is 14.4. The van der Waals surface area contributed by atoms with E-state index in [0.29, 0.717) is 44.1 Å². The van der Waals surface area contributed by atoms with Gasteiger partial charge in [0.2, 0.25) is 65.0 Å². The molecule has 0 saturated carbocycles. The van der Waals surface area contributed by atoms with Crippen molar-refractivity contribution in [3.8, 4) is 0 Å². The zero-order valence-corrected chi connectivity index (χ0v) is 49.7. The molecule has 484 valence electrons. The third kappa shape index (κ3) is 26.2. The lowest BCUT2D eigenvalue weighted by Crippen LogP contribution is -2.60. The van der Waals surface area contributed by atoms with E-state index in [1.807, 2.05) is 0 Å². The number of primary amides is 2. The highest BCUT2D eigenvalue weighted by Gasteiger charge is 2.42. The first kappa shape index (κ1) is 72.6. The summed E-state index contributed by atoms with van der Waals surface area (Å²) < 4.78 is 0. The summed E-state index contributed by atoms with van der Waals surface area (Å²) in [4.78, 5) is 172. The van der Waals surface area contributed by atoms with E-state index in [0.717, 1.165) is 0 Å². The minimum Gasteiger partial charge on any atom is -0.480 e. The van der Waals surface area contributed by atoms with Gasteiger partial charge in [-0.25, -0.2) is 4.79 Å². The zero-order chi connectivity index (χ0) is 64.8. The molecule has 32 nitrogen and oxygen atoms in total. The molecule has 0 spiro atoms. The number of carboxylic acids is 1. The van der Waals surface area contributed by atoms with Crippen LogP contribution >= 0.6 is 0 Å². The number of aliphatic carboxylic acids is 1. The summed E-state index contributed by atoms with van der Waals surface area (Å²) in [5, 5.41) is 27.7. The van der Waals surface area contributed by atoms with Crippen molar-refractivity contribution in [1.29, 1.82) is 0 Å². The molecule has 24 N–H and O–H groups in total. The fourth-order valence-corrected chi connectivity index (χ4v) is 9.93. The molecule has 0 bridgehead atoms. The molecule has 0 radical (unpaired) electrons. The van der Waals surface area contributed by atoms with Crippen LogP contribution in [0.25, 0.3) is 0 Å². The van der Waals surface area contributed by atoms with Gasteiger partial charge in [-0.05, 0) is 108 Å². The predicted molar refractivity (Wildman–Crippen MR) is 319 cm³/mol. The number of rotatable bonds is 39. The Balaban J connectivity index is 1.82. The van der Waals surface area contributed by atoms with E-state index in [4.69, 9.17) is 45.9 Å². The predicted octanol–water partition coefficient (Wildman–Crippen LogP) is -5.54. The number of unbranched alkanes of at least 4 members (excludes halogenated alkanes) is 1. The van der Waals surface area contributed by atoms with Crippen LogP contribution in [0.4, 0.5) is 0 Å². The van der Waals surface area contributed by atoms with Crippen molar-refractivity contribution in [2.45, 2.75) is 177 Å². The normalized spacial score (nSPS) is 16.9. The van der Waals surface area contributed by atoms with Gasteiger partial charge in [0.05, 0.1) is 12.6 Å². The second-order valence-electron chi connectivity index (χ2n) is 22.0. The highest BCUT2D eigenvalue weighted by atomic mass is 16.4. The first-order valence-corrected chi connectivity index (χ1v) is 29.3. The number of aliphatic imine (C=N–C) groups is 2. The zero-order valence-electron chi connectivity index (χ0n) is 49.7. The Kier molecular flexibility index (Phi) is 31.4. The van der Waals surface area contributed by atoms with Crippen LogP contribution in [0.3, 0.4) is 0 Å². The van der Waals surface area contributed by atoms with E-state index >= 15 is 0 Å². The van der Waals surface area contributed by atoms with E-state index in [1.165, 1.54) is 9.80 Å². The summed E-state index contributed by atoms with van der Waals surface area (Å²) in [6.45, 7) is 3.80. The number of carbonyl (C=O) groups is 12.